The van der Waals surface area contributed by atoms with Crippen molar-refractivity contribution in [2.45, 2.75) is 130 Å². The molecule has 3 aliphatic rings. The number of hydrogen-bond acceptors (Lipinski definition) is 2. The Balaban J connectivity index is 1.21. The van der Waals surface area contributed by atoms with Crippen molar-refractivity contribution in [1.82, 2.24) is 0 Å². The molecule has 1 heterocycles. The number of benzene rings is 8. The number of nitrogens with zero attached hydrogens (tertiary/aromatic N) is 1. The van der Waals surface area contributed by atoms with E-state index in [-0.39, 0.29) is 21.7 Å². The van der Waals surface area contributed by atoms with Crippen molar-refractivity contribution in [2.24, 2.45) is 0 Å². The molecule has 2 aliphatic carbocycles. The van der Waals surface area contributed by atoms with Crippen LogP contribution in [0, 0.1) is 27.7 Å². The molecule has 71 heavy (non-hydrogen) atoms. The Hall–Kier alpha value is -6.58. The molecule has 8 aromatic rings. The Labute approximate surface area is 425 Å². The SMILES string of the molecule is Cc1cc2c(cc1Nc1ccc(-c3ccccc3)cc1-c1cc(-c3c(C)cccc3C)cc3c1[B]c1ccc(-c4ccccc4)cc1N3c1cc3c(cc1C)C(C)(C)CCC3(C)C)C(C)(C)CCC2(C)C. The van der Waals surface area contributed by atoms with Gasteiger partial charge in [-0.2, -0.15) is 0 Å². The van der Waals surface area contributed by atoms with Crippen molar-refractivity contribution in [2.75, 3.05) is 10.2 Å². The summed E-state index contributed by atoms with van der Waals surface area (Å²) in [5.74, 6) is 0. The minimum Gasteiger partial charge on any atom is -0.355 e. The highest BCUT2D eigenvalue weighted by atomic mass is 15.2. The number of fused-ring (bicyclic) bond motifs is 4. The lowest BCUT2D eigenvalue weighted by Crippen LogP contribution is -2.41. The Bertz CT molecular complexity index is 3390. The Morgan fingerprint density at radius 3 is 1.46 bits per heavy atom. The second kappa shape index (κ2) is 17.0. The second-order valence-corrected chi connectivity index (χ2v) is 24.0. The van der Waals surface area contributed by atoms with E-state index in [2.05, 4.69) is 252 Å². The standard InChI is InChI=1S/C68H70BN2/c1-42-20-19-21-43(2)63(42)50-37-52(51-36-48(46-22-15-13-16-23-46)27-29-58(51)70-59-40-55-53(34-44(59)3)65(5,6)30-32-67(55,9)10)64-62(39-50)71(61-38-49(26-28-57(61)69-64)47-24-17-14-18-25-47)60-41-56-54(35-45(60)4)66(7,8)31-33-68(56,11)12/h13-29,34-41,70H,30-33H2,1-12H3. The van der Waals surface area contributed by atoms with Gasteiger partial charge in [-0.1, -0.05) is 170 Å². The first-order chi connectivity index (χ1) is 33.8. The maximum Gasteiger partial charge on any atom is 0.197 e. The van der Waals surface area contributed by atoms with Crippen LogP contribution in [0.2, 0.25) is 0 Å². The van der Waals surface area contributed by atoms with Gasteiger partial charge in [-0.15, -0.1) is 0 Å². The van der Waals surface area contributed by atoms with Crippen LogP contribution in [-0.4, -0.2) is 7.28 Å². The first kappa shape index (κ1) is 46.8. The Morgan fingerprint density at radius 1 is 0.380 bits per heavy atom. The Kier molecular flexibility index (Phi) is 11.2. The van der Waals surface area contributed by atoms with Gasteiger partial charge in [0, 0.05) is 34.0 Å². The lowest BCUT2D eigenvalue weighted by Gasteiger charge is -2.44. The van der Waals surface area contributed by atoms with Crippen LogP contribution in [0.15, 0.2) is 152 Å². The van der Waals surface area contributed by atoms with Crippen LogP contribution < -0.4 is 21.1 Å². The first-order valence-corrected chi connectivity index (χ1v) is 26.2. The van der Waals surface area contributed by atoms with Crippen LogP contribution in [-0.2, 0) is 21.7 Å². The average Bonchev–Trinajstić information content (AvgIpc) is 3.34. The van der Waals surface area contributed by atoms with E-state index >= 15 is 0 Å². The van der Waals surface area contributed by atoms with E-state index in [0.717, 1.165) is 12.1 Å². The molecular formula is C68H70BN2. The van der Waals surface area contributed by atoms with Gasteiger partial charge in [0.25, 0.3) is 0 Å². The van der Waals surface area contributed by atoms with Gasteiger partial charge >= 0.3 is 0 Å². The number of aryl methyl sites for hydroxylation is 4. The molecule has 0 amide bonds. The van der Waals surface area contributed by atoms with Crippen molar-refractivity contribution in [1.29, 1.82) is 0 Å². The quantitative estimate of drug-likeness (QED) is 0.160. The van der Waals surface area contributed by atoms with Gasteiger partial charge in [0.05, 0.1) is 0 Å². The number of anilines is 5. The molecule has 0 atom stereocenters. The van der Waals surface area contributed by atoms with E-state index in [1.807, 2.05) is 0 Å². The highest BCUT2D eigenvalue weighted by Gasteiger charge is 2.40. The van der Waals surface area contributed by atoms with Crippen LogP contribution in [0.4, 0.5) is 28.4 Å². The fourth-order valence-corrected chi connectivity index (χ4v) is 12.5. The summed E-state index contributed by atoms with van der Waals surface area (Å²) in [6, 6.07) is 57.8. The van der Waals surface area contributed by atoms with Gasteiger partial charge in [0.2, 0.25) is 0 Å². The van der Waals surface area contributed by atoms with Gasteiger partial charge in [-0.3, -0.25) is 0 Å². The minimum absolute atomic E-state index is 0.0380. The van der Waals surface area contributed by atoms with Crippen LogP contribution >= 0.6 is 0 Å². The summed E-state index contributed by atoms with van der Waals surface area (Å²) in [6.07, 6.45) is 4.70. The summed E-state index contributed by atoms with van der Waals surface area (Å²) in [5.41, 5.74) is 29.4. The van der Waals surface area contributed by atoms with Crippen molar-refractivity contribution in [3.8, 4) is 44.5 Å². The maximum atomic E-state index is 4.14. The highest BCUT2D eigenvalue weighted by Crippen LogP contribution is 2.52. The predicted octanol–water partition coefficient (Wildman–Crippen LogP) is 17.5. The molecule has 1 N–H and O–H groups in total. The molecule has 355 valence electrons. The molecule has 11 rings (SSSR count). The topological polar surface area (TPSA) is 15.3 Å². The van der Waals surface area contributed by atoms with Crippen molar-refractivity contribution < 1.29 is 0 Å². The highest BCUT2D eigenvalue weighted by molar-refractivity contribution is 6.73. The molecule has 1 aliphatic heterocycles. The first-order valence-electron chi connectivity index (χ1n) is 26.2. The number of rotatable bonds is 7. The molecule has 0 unspecified atom stereocenters. The van der Waals surface area contributed by atoms with E-state index in [1.54, 1.807) is 0 Å². The average molecular weight is 926 g/mol. The van der Waals surface area contributed by atoms with Gasteiger partial charge < -0.3 is 10.2 Å². The zero-order chi connectivity index (χ0) is 49.8. The predicted molar refractivity (Wildman–Crippen MR) is 307 cm³/mol. The maximum absolute atomic E-state index is 4.14. The molecule has 0 spiro atoms. The minimum atomic E-state index is 0.0380. The van der Waals surface area contributed by atoms with Gasteiger partial charge in [0.15, 0.2) is 7.28 Å². The molecule has 8 aromatic carbocycles. The molecular weight excluding hydrogens is 856 g/mol. The molecule has 0 bridgehead atoms. The summed E-state index contributed by atoms with van der Waals surface area (Å²) < 4.78 is 0. The molecule has 1 radical (unpaired) electrons. The molecule has 0 saturated carbocycles. The number of hydrogen-bond donors (Lipinski definition) is 1. The molecule has 0 aromatic heterocycles. The van der Waals surface area contributed by atoms with E-state index in [4.69, 9.17) is 0 Å². The zero-order valence-electron chi connectivity index (χ0n) is 44.3. The van der Waals surface area contributed by atoms with Crippen LogP contribution in [0.1, 0.15) is 126 Å². The largest absolute Gasteiger partial charge is 0.355 e. The number of nitrogens with one attached hydrogen (secondary N) is 1. The molecule has 0 fully saturated rings. The van der Waals surface area contributed by atoms with E-state index in [9.17, 15) is 0 Å². The van der Waals surface area contributed by atoms with Gasteiger partial charge in [0.1, 0.15) is 0 Å². The fraction of sp³-hybridized carbons (Fsp3) is 0.294. The lowest BCUT2D eigenvalue weighted by molar-refractivity contribution is 0.332. The van der Waals surface area contributed by atoms with Gasteiger partial charge in [-0.25, -0.2) is 0 Å². The van der Waals surface area contributed by atoms with Crippen molar-refractivity contribution >= 4 is 46.6 Å². The summed E-state index contributed by atoms with van der Waals surface area (Å²) in [4.78, 5) is 2.64. The summed E-state index contributed by atoms with van der Waals surface area (Å²) in [7, 11) is 2.48. The zero-order valence-corrected chi connectivity index (χ0v) is 44.3. The summed E-state index contributed by atoms with van der Waals surface area (Å²) >= 11 is 0. The smallest absolute Gasteiger partial charge is 0.197 e. The third-order valence-corrected chi connectivity index (χ3v) is 17.1. The van der Waals surface area contributed by atoms with Crippen LogP contribution in [0.3, 0.4) is 0 Å². The van der Waals surface area contributed by atoms with Crippen LogP contribution in [0.5, 0.6) is 0 Å². The molecule has 0 saturated heterocycles. The van der Waals surface area contributed by atoms with E-state index < -0.39 is 0 Å². The van der Waals surface area contributed by atoms with Crippen molar-refractivity contribution in [3.63, 3.8) is 0 Å². The van der Waals surface area contributed by atoms with E-state index in [0.29, 0.717) is 0 Å². The second-order valence-electron chi connectivity index (χ2n) is 24.0. The summed E-state index contributed by atoms with van der Waals surface area (Å²) in [6.45, 7) is 28.7. The lowest BCUT2D eigenvalue weighted by atomic mass is 9.57. The molecule has 2 nitrogen and oxygen atoms in total. The Morgan fingerprint density at radius 2 is 0.873 bits per heavy atom. The summed E-state index contributed by atoms with van der Waals surface area (Å²) in [5, 5.41) is 4.14. The third-order valence-electron chi connectivity index (χ3n) is 17.1. The normalized spacial score (nSPS) is 16.8. The van der Waals surface area contributed by atoms with Crippen molar-refractivity contribution in [3.05, 3.63) is 196 Å². The van der Waals surface area contributed by atoms with E-state index in [1.165, 1.54) is 142 Å². The monoisotopic (exact) mass is 926 g/mol. The van der Waals surface area contributed by atoms with Crippen LogP contribution in [0.25, 0.3) is 44.5 Å². The third kappa shape index (κ3) is 8.14. The molecule has 3 heteroatoms. The van der Waals surface area contributed by atoms with Gasteiger partial charge in [-0.05, 0) is 206 Å². The fourth-order valence-electron chi connectivity index (χ4n) is 12.5.